The fourth-order valence-electron chi connectivity index (χ4n) is 4.14. The molecule has 1 aromatic carbocycles. The molecule has 178 valence electrons. The van der Waals surface area contributed by atoms with E-state index in [1.165, 1.54) is 0 Å². The molecular formula is C23H32N5O3SSi-. The number of benzene rings is 1. The largest absolute Gasteiger partial charge is 0.768 e. The molecule has 8 nitrogen and oxygen atoms in total. The molecule has 0 saturated carbocycles. The predicted molar refractivity (Wildman–Crippen MR) is 134 cm³/mol. The Labute approximate surface area is 198 Å². The Morgan fingerprint density at radius 3 is 2.67 bits per heavy atom. The molecule has 0 spiro atoms. The van der Waals surface area contributed by atoms with Crippen LogP contribution in [-0.4, -0.2) is 64.2 Å². The number of likely N-dealkylation sites (N-methyl/N-ethyl adjacent to an activating group) is 1. The van der Waals surface area contributed by atoms with Crippen molar-refractivity contribution in [1.29, 1.82) is 0 Å². The third-order valence-electron chi connectivity index (χ3n) is 6.21. The maximum absolute atomic E-state index is 11.1. The molecule has 1 aliphatic rings. The Kier molecular flexibility index (Phi) is 7.18. The Morgan fingerprint density at radius 2 is 1.97 bits per heavy atom. The molecule has 3 aromatic rings. The second-order valence-electron chi connectivity index (χ2n) is 9.80. The Hall–Kier alpha value is -2.27. The zero-order valence-corrected chi connectivity index (χ0v) is 21.5. The topological polar surface area (TPSA) is 86.6 Å². The zero-order valence-electron chi connectivity index (χ0n) is 19.7. The van der Waals surface area contributed by atoms with Crippen LogP contribution in [0.5, 0.6) is 0 Å². The van der Waals surface area contributed by atoms with Crippen LogP contribution in [0.25, 0.3) is 11.0 Å². The van der Waals surface area contributed by atoms with Crippen LogP contribution in [0.1, 0.15) is 6.42 Å². The van der Waals surface area contributed by atoms with Gasteiger partial charge in [0.2, 0.25) is 0 Å². The van der Waals surface area contributed by atoms with E-state index in [0.29, 0.717) is 17.7 Å². The summed E-state index contributed by atoms with van der Waals surface area (Å²) in [5.74, 6) is 0.953. The molecule has 1 aliphatic heterocycles. The fraction of sp³-hybridized carbons (Fsp3) is 0.478. The van der Waals surface area contributed by atoms with Gasteiger partial charge in [-0.15, -0.1) is 0 Å². The maximum Gasteiger partial charge on any atom is 0.147 e. The van der Waals surface area contributed by atoms with E-state index in [2.05, 4.69) is 52.5 Å². The van der Waals surface area contributed by atoms with Crippen LogP contribution >= 0.6 is 0 Å². The van der Waals surface area contributed by atoms with Gasteiger partial charge in [-0.3, -0.25) is 4.21 Å². The van der Waals surface area contributed by atoms with Crippen molar-refractivity contribution in [2.24, 2.45) is 0 Å². The highest BCUT2D eigenvalue weighted by atomic mass is 32.2. The number of hydrogen-bond donors (Lipinski definition) is 0. The monoisotopic (exact) mass is 486 g/mol. The minimum atomic E-state index is -2.20. The van der Waals surface area contributed by atoms with Gasteiger partial charge >= 0.3 is 0 Å². The molecule has 2 atom stereocenters. The summed E-state index contributed by atoms with van der Waals surface area (Å²) in [5.41, 5.74) is 1.90. The second kappa shape index (κ2) is 9.92. The van der Waals surface area contributed by atoms with Gasteiger partial charge in [0.1, 0.15) is 24.5 Å². The summed E-state index contributed by atoms with van der Waals surface area (Å²) in [6, 6.07) is 10.5. The molecule has 2 aromatic heterocycles. The van der Waals surface area contributed by atoms with E-state index < -0.39 is 19.2 Å². The summed E-state index contributed by atoms with van der Waals surface area (Å²) in [6.07, 6.45) is 4.66. The van der Waals surface area contributed by atoms with Gasteiger partial charge < -0.3 is 23.7 Å². The molecule has 0 amide bonds. The smallest absolute Gasteiger partial charge is 0.147 e. The predicted octanol–water partition coefficient (Wildman–Crippen LogP) is 3.70. The zero-order chi connectivity index (χ0) is 23.6. The third-order valence-corrected chi connectivity index (χ3v) is 8.57. The highest BCUT2D eigenvalue weighted by Crippen LogP contribution is 2.29. The van der Waals surface area contributed by atoms with Crippen LogP contribution in [0.3, 0.4) is 0 Å². The minimum Gasteiger partial charge on any atom is -0.768 e. The number of ether oxygens (including phenoxy) is 1. The number of hydrogen-bond acceptors (Lipinski definition) is 7. The summed E-state index contributed by atoms with van der Waals surface area (Å²) in [5, 5.41) is 1.04. The molecule has 10 heteroatoms. The van der Waals surface area contributed by atoms with Gasteiger partial charge in [0.15, 0.2) is 0 Å². The van der Waals surface area contributed by atoms with E-state index in [4.69, 9.17) is 4.74 Å². The fourth-order valence-corrected chi connectivity index (χ4v) is 5.26. The van der Waals surface area contributed by atoms with Crippen LogP contribution in [-0.2, 0) is 22.5 Å². The number of anilines is 2. The first-order valence-corrected chi connectivity index (χ1v) is 16.1. The summed E-state index contributed by atoms with van der Waals surface area (Å²) < 4.78 is 30.2. The quantitative estimate of drug-likeness (QED) is 0.259. The summed E-state index contributed by atoms with van der Waals surface area (Å²) in [6.45, 7) is 10.1. The number of rotatable bonds is 9. The Balaban J connectivity index is 1.43. The molecule has 33 heavy (non-hydrogen) atoms. The number of fused-ring (bicyclic) bond motifs is 1. The van der Waals surface area contributed by atoms with Crippen molar-refractivity contribution in [3.8, 4) is 0 Å². The van der Waals surface area contributed by atoms with E-state index in [0.717, 1.165) is 54.7 Å². The van der Waals surface area contributed by atoms with Crippen LogP contribution < -0.4 is 9.80 Å². The first kappa shape index (κ1) is 23.9. The molecule has 1 unspecified atom stereocenters. The Morgan fingerprint density at radius 1 is 1.21 bits per heavy atom. The van der Waals surface area contributed by atoms with E-state index >= 15 is 0 Å². The van der Waals surface area contributed by atoms with Crippen LogP contribution in [0.2, 0.25) is 25.7 Å². The van der Waals surface area contributed by atoms with Gasteiger partial charge in [0, 0.05) is 57.6 Å². The standard InChI is InChI=1S/C23H33N5O3SSi/c1-26(18-5-7-20(8-6-18)32(29)30)19-9-11-27(15-19)22-21-10-12-28(23(21)25-16-24-22)17-31-13-14-33(2,3)4/h5-8,10,12,16,19H,9,11,13-15,17H2,1-4H3,(H,29,30)/p-1/t19-/m1/s1. The van der Waals surface area contributed by atoms with E-state index in [-0.39, 0.29) is 0 Å². The van der Waals surface area contributed by atoms with E-state index in [1.807, 2.05) is 22.9 Å². The average Bonchev–Trinajstić information content (AvgIpc) is 3.43. The van der Waals surface area contributed by atoms with Crippen molar-refractivity contribution >= 4 is 41.7 Å². The van der Waals surface area contributed by atoms with Gasteiger partial charge in [0.05, 0.1) is 5.39 Å². The van der Waals surface area contributed by atoms with Crippen molar-refractivity contribution in [2.75, 3.05) is 36.5 Å². The summed E-state index contributed by atoms with van der Waals surface area (Å²) >= 11 is -2.20. The molecule has 0 bridgehead atoms. The SMILES string of the molecule is CN(c1ccc(S(=O)[O-])cc1)[C@@H]1CCN(c2ncnc3c2ccn3COCC[Si](C)(C)C)C1. The van der Waals surface area contributed by atoms with Crippen LogP contribution in [0.4, 0.5) is 11.5 Å². The van der Waals surface area contributed by atoms with Gasteiger partial charge in [-0.2, -0.15) is 0 Å². The third kappa shape index (κ3) is 5.63. The van der Waals surface area contributed by atoms with Crippen molar-refractivity contribution in [1.82, 2.24) is 14.5 Å². The van der Waals surface area contributed by atoms with Crippen molar-refractivity contribution in [3.05, 3.63) is 42.9 Å². The van der Waals surface area contributed by atoms with E-state index in [1.54, 1.807) is 18.5 Å². The molecule has 1 fully saturated rings. The molecular weight excluding hydrogens is 454 g/mol. The first-order chi connectivity index (χ1) is 15.7. The molecule has 4 rings (SSSR count). The molecule has 0 radical (unpaired) electrons. The van der Waals surface area contributed by atoms with Gasteiger partial charge in [-0.1, -0.05) is 19.6 Å². The molecule has 3 heterocycles. The lowest BCUT2D eigenvalue weighted by molar-refractivity contribution is 0.0899. The van der Waals surface area contributed by atoms with Crippen LogP contribution in [0, 0.1) is 0 Å². The summed E-state index contributed by atoms with van der Waals surface area (Å²) in [4.78, 5) is 14.0. The molecule has 0 N–H and O–H groups in total. The van der Waals surface area contributed by atoms with Crippen molar-refractivity contribution in [2.45, 2.75) is 49.8 Å². The lowest BCUT2D eigenvalue weighted by Crippen LogP contribution is -2.34. The average molecular weight is 487 g/mol. The van der Waals surface area contributed by atoms with E-state index in [9.17, 15) is 8.76 Å². The Bertz CT molecular complexity index is 1120. The normalized spacial score (nSPS) is 17.6. The van der Waals surface area contributed by atoms with Crippen molar-refractivity contribution in [3.63, 3.8) is 0 Å². The first-order valence-electron chi connectivity index (χ1n) is 11.3. The van der Waals surface area contributed by atoms with Crippen molar-refractivity contribution < 1.29 is 13.5 Å². The molecule has 0 aliphatic carbocycles. The second-order valence-corrected chi connectivity index (χ2v) is 16.4. The molecule has 1 saturated heterocycles. The number of nitrogens with zero attached hydrogens (tertiary/aromatic N) is 5. The summed E-state index contributed by atoms with van der Waals surface area (Å²) in [7, 11) is 0.950. The highest BCUT2D eigenvalue weighted by Gasteiger charge is 2.28. The van der Waals surface area contributed by atoms with Crippen LogP contribution in [0.15, 0.2) is 47.8 Å². The van der Waals surface area contributed by atoms with Gasteiger partial charge in [0.25, 0.3) is 0 Å². The van der Waals surface area contributed by atoms with Gasteiger partial charge in [-0.05, 0) is 53.9 Å². The highest BCUT2D eigenvalue weighted by molar-refractivity contribution is 7.79. The van der Waals surface area contributed by atoms with Gasteiger partial charge in [-0.25, -0.2) is 9.97 Å². The minimum absolute atomic E-state index is 0.303. The maximum atomic E-state index is 11.1. The lowest BCUT2D eigenvalue weighted by atomic mass is 10.2. The number of aromatic nitrogens is 3. The lowest BCUT2D eigenvalue weighted by Gasteiger charge is -2.27.